The van der Waals surface area contributed by atoms with Crippen LogP contribution in [0.3, 0.4) is 0 Å². The van der Waals surface area contributed by atoms with Crippen molar-refractivity contribution in [2.45, 2.75) is 12.7 Å². The average Bonchev–Trinajstić information content (AvgIpc) is 2.51. The van der Waals surface area contributed by atoms with Gasteiger partial charge in [0.05, 0.1) is 5.56 Å². The SMILES string of the molecule is Cn1c(CN)c(C(F)(F)F)c2ccccc21. The maximum atomic E-state index is 12.9. The zero-order valence-electron chi connectivity index (χ0n) is 8.67. The van der Waals surface area contributed by atoms with Crippen LogP contribution in [0.5, 0.6) is 0 Å². The van der Waals surface area contributed by atoms with E-state index in [4.69, 9.17) is 5.73 Å². The second-order valence-corrected chi connectivity index (χ2v) is 3.60. The third-order valence-corrected chi connectivity index (χ3v) is 2.71. The number of hydrogen-bond donors (Lipinski definition) is 1. The summed E-state index contributed by atoms with van der Waals surface area (Å²) in [4.78, 5) is 0. The minimum atomic E-state index is -4.37. The van der Waals surface area contributed by atoms with Gasteiger partial charge in [0.2, 0.25) is 0 Å². The van der Waals surface area contributed by atoms with Gasteiger partial charge in [0.15, 0.2) is 0 Å². The van der Waals surface area contributed by atoms with E-state index >= 15 is 0 Å². The molecule has 2 rings (SSSR count). The van der Waals surface area contributed by atoms with Crippen LogP contribution in [0.15, 0.2) is 24.3 Å². The van der Waals surface area contributed by atoms with Crippen molar-refractivity contribution in [1.29, 1.82) is 0 Å². The van der Waals surface area contributed by atoms with Crippen molar-refractivity contribution in [2.24, 2.45) is 12.8 Å². The third-order valence-electron chi connectivity index (χ3n) is 2.71. The van der Waals surface area contributed by atoms with Crippen LogP contribution < -0.4 is 5.73 Å². The Kier molecular flexibility index (Phi) is 2.42. The molecule has 2 N–H and O–H groups in total. The summed E-state index contributed by atoms with van der Waals surface area (Å²) < 4.78 is 40.2. The van der Waals surface area contributed by atoms with Gasteiger partial charge in [0.1, 0.15) is 0 Å². The van der Waals surface area contributed by atoms with E-state index in [0.717, 1.165) is 0 Å². The first-order chi connectivity index (χ1) is 7.46. The molecule has 0 unspecified atom stereocenters. The first kappa shape index (κ1) is 11.0. The van der Waals surface area contributed by atoms with E-state index in [-0.39, 0.29) is 17.6 Å². The predicted octanol–water partition coefficient (Wildman–Crippen LogP) is 2.66. The fourth-order valence-corrected chi connectivity index (χ4v) is 2.00. The van der Waals surface area contributed by atoms with Crippen molar-refractivity contribution in [3.8, 4) is 0 Å². The lowest BCUT2D eigenvalue weighted by Crippen LogP contribution is -2.12. The zero-order valence-corrected chi connectivity index (χ0v) is 8.67. The summed E-state index contributed by atoms with van der Waals surface area (Å²) in [5.41, 5.74) is 5.44. The molecule has 2 aromatic rings. The maximum absolute atomic E-state index is 12.9. The molecule has 16 heavy (non-hydrogen) atoms. The van der Waals surface area contributed by atoms with Gasteiger partial charge < -0.3 is 10.3 Å². The molecule has 0 atom stereocenters. The minimum Gasteiger partial charge on any atom is -0.346 e. The highest BCUT2D eigenvalue weighted by molar-refractivity contribution is 5.86. The molecule has 1 heterocycles. The molecule has 0 fully saturated rings. The van der Waals surface area contributed by atoms with E-state index in [2.05, 4.69) is 0 Å². The van der Waals surface area contributed by atoms with Crippen LogP contribution in [-0.4, -0.2) is 4.57 Å². The van der Waals surface area contributed by atoms with Crippen molar-refractivity contribution >= 4 is 10.9 Å². The Morgan fingerprint density at radius 3 is 2.44 bits per heavy atom. The van der Waals surface area contributed by atoms with Crippen LogP contribution in [0.2, 0.25) is 0 Å². The Hall–Kier alpha value is -1.49. The fourth-order valence-electron chi connectivity index (χ4n) is 2.00. The summed E-state index contributed by atoms with van der Waals surface area (Å²) in [5, 5.41) is 0.206. The molecule has 0 amide bonds. The molecule has 0 saturated heterocycles. The molecular weight excluding hydrogens is 217 g/mol. The molecule has 0 aliphatic carbocycles. The van der Waals surface area contributed by atoms with E-state index < -0.39 is 11.7 Å². The van der Waals surface area contributed by atoms with Gasteiger partial charge >= 0.3 is 6.18 Å². The predicted molar refractivity (Wildman–Crippen MR) is 55.8 cm³/mol. The minimum absolute atomic E-state index is 0.119. The number of hydrogen-bond acceptors (Lipinski definition) is 1. The van der Waals surface area contributed by atoms with Gasteiger partial charge in [0, 0.05) is 30.2 Å². The quantitative estimate of drug-likeness (QED) is 0.799. The summed E-state index contributed by atoms with van der Waals surface area (Å²) in [6.07, 6.45) is -4.37. The molecular formula is C11H11F3N2. The molecule has 0 radical (unpaired) electrons. The number of halogens is 3. The molecule has 2 nitrogen and oxygen atoms in total. The van der Waals surface area contributed by atoms with Gasteiger partial charge in [-0.25, -0.2) is 0 Å². The largest absolute Gasteiger partial charge is 0.418 e. The molecule has 0 spiro atoms. The number of rotatable bonds is 1. The molecule has 0 aliphatic heterocycles. The van der Waals surface area contributed by atoms with Crippen LogP contribution in [0.25, 0.3) is 10.9 Å². The smallest absolute Gasteiger partial charge is 0.346 e. The summed E-state index contributed by atoms with van der Waals surface area (Å²) in [6, 6.07) is 6.43. The first-order valence-electron chi connectivity index (χ1n) is 4.80. The zero-order chi connectivity index (χ0) is 11.9. The molecule has 0 aliphatic rings. The summed E-state index contributed by atoms with van der Waals surface area (Å²) >= 11 is 0. The van der Waals surface area contributed by atoms with Gasteiger partial charge in [-0.05, 0) is 6.07 Å². The van der Waals surface area contributed by atoms with Crippen LogP contribution in [0.1, 0.15) is 11.3 Å². The highest BCUT2D eigenvalue weighted by Crippen LogP contribution is 2.38. The second kappa shape index (κ2) is 3.52. The lowest BCUT2D eigenvalue weighted by atomic mass is 10.1. The van der Waals surface area contributed by atoms with Crippen molar-refractivity contribution in [2.75, 3.05) is 0 Å². The maximum Gasteiger partial charge on any atom is 0.418 e. The topological polar surface area (TPSA) is 30.9 Å². The number of fused-ring (bicyclic) bond motifs is 1. The van der Waals surface area contributed by atoms with Gasteiger partial charge in [0.25, 0.3) is 0 Å². The fraction of sp³-hybridized carbons (Fsp3) is 0.273. The Morgan fingerprint density at radius 1 is 1.25 bits per heavy atom. The van der Waals surface area contributed by atoms with Crippen LogP contribution in [-0.2, 0) is 19.8 Å². The first-order valence-corrected chi connectivity index (χ1v) is 4.80. The summed E-state index contributed by atoms with van der Waals surface area (Å²) in [7, 11) is 1.60. The summed E-state index contributed by atoms with van der Waals surface area (Å²) in [6.45, 7) is -0.125. The number of alkyl halides is 3. The molecule has 0 saturated carbocycles. The number of aromatic nitrogens is 1. The van der Waals surface area contributed by atoms with E-state index in [1.54, 1.807) is 25.2 Å². The Balaban J connectivity index is 2.89. The molecule has 1 aromatic carbocycles. The molecule has 0 bridgehead atoms. The van der Waals surface area contributed by atoms with Gasteiger partial charge in [-0.2, -0.15) is 13.2 Å². The van der Waals surface area contributed by atoms with Gasteiger partial charge in [-0.1, -0.05) is 18.2 Å². The van der Waals surface area contributed by atoms with E-state index in [1.807, 2.05) is 0 Å². The van der Waals surface area contributed by atoms with Crippen molar-refractivity contribution < 1.29 is 13.2 Å². The van der Waals surface area contributed by atoms with Gasteiger partial charge in [-0.3, -0.25) is 0 Å². The lowest BCUT2D eigenvalue weighted by molar-refractivity contribution is -0.137. The number of para-hydroxylation sites is 1. The number of nitrogens with two attached hydrogens (primary N) is 1. The Labute approximate surface area is 90.5 Å². The van der Waals surface area contributed by atoms with Crippen molar-refractivity contribution in [3.05, 3.63) is 35.5 Å². The van der Waals surface area contributed by atoms with Crippen molar-refractivity contribution in [3.63, 3.8) is 0 Å². The van der Waals surface area contributed by atoms with E-state index in [9.17, 15) is 13.2 Å². The summed E-state index contributed by atoms with van der Waals surface area (Å²) in [5.74, 6) is 0. The van der Waals surface area contributed by atoms with E-state index in [0.29, 0.717) is 5.52 Å². The third kappa shape index (κ3) is 1.48. The highest BCUT2D eigenvalue weighted by Gasteiger charge is 2.37. The normalized spacial score (nSPS) is 12.3. The number of benzene rings is 1. The standard InChI is InChI=1S/C11H11F3N2/c1-16-8-5-3-2-4-7(8)10(9(16)6-15)11(12,13)14/h2-5H,6,15H2,1H3. The number of nitrogens with zero attached hydrogens (tertiary/aromatic N) is 1. The average molecular weight is 228 g/mol. The molecule has 5 heteroatoms. The van der Waals surface area contributed by atoms with Crippen molar-refractivity contribution in [1.82, 2.24) is 4.57 Å². The molecule has 86 valence electrons. The number of aryl methyl sites for hydroxylation is 1. The Bertz CT molecular complexity index is 526. The Morgan fingerprint density at radius 2 is 1.88 bits per heavy atom. The van der Waals surface area contributed by atoms with Gasteiger partial charge in [-0.15, -0.1) is 0 Å². The monoisotopic (exact) mass is 228 g/mol. The van der Waals surface area contributed by atoms with Crippen LogP contribution >= 0.6 is 0 Å². The second-order valence-electron chi connectivity index (χ2n) is 3.60. The van der Waals surface area contributed by atoms with Crippen LogP contribution in [0, 0.1) is 0 Å². The lowest BCUT2D eigenvalue weighted by Gasteiger charge is -2.08. The molecule has 1 aromatic heterocycles. The van der Waals surface area contributed by atoms with E-state index in [1.165, 1.54) is 10.6 Å². The van der Waals surface area contributed by atoms with Crippen LogP contribution in [0.4, 0.5) is 13.2 Å². The highest BCUT2D eigenvalue weighted by atomic mass is 19.4.